The number of ether oxygens (including phenoxy) is 1. The second kappa shape index (κ2) is 8.77. The van der Waals surface area contributed by atoms with Crippen LogP contribution in [0.25, 0.3) is 0 Å². The molecule has 7 nitrogen and oxygen atoms in total. The third kappa shape index (κ3) is 4.91. The molecule has 0 bridgehead atoms. The average molecular weight is 422 g/mol. The van der Waals surface area contributed by atoms with E-state index in [-0.39, 0.29) is 36.2 Å². The highest BCUT2D eigenvalue weighted by Crippen LogP contribution is 2.36. The van der Waals surface area contributed by atoms with E-state index in [2.05, 4.69) is 0 Å². The van der Waals surface area contributed by atoms with Crippen molar-refractivity contribution in [3.8, 4) is 5.75 Å². The van der Waals surface area contributed by atoms with E-state index in [0.717, 1.165) is 10.4 Å². The van der Waals surface area contributed by atoms with E-state index in [1.165, 1.54) is 12.3 Å². The highest BCUT2D eigenvalue weighted by atomic mass is 35.5. The lowest BCUT2D eigenvalue weighted by atomic mass is 10.3. The predicted octanol–water partition coefficient (Wildman–Crippen LogP) is 3.44. The van der Waals surface area contributed by atoms with Crippen LogP contribution in [0, 0.1) is 0 Å². The lowest BCUT2D eigenvalue weighted by Gasteiger charge is -2.22. The van der Waals surface area contributed by atoms with Gasteiger partial charge in [0.05, 0.1) is 30.9 Å². The Morgan fingerprint density at radius 2 is 2.08 bits per heavy atom. The second-order valence-corrected chi connectivity index (χ2v) is 7.96. The first-order chi connectivity index (χ1) is 12.3. The Balaban J connectivity index is 2.37. The molecule has 1 N–H and O–H groups in total. The number of aromatic hydroxyl groups is 1. The van der Waals surface area contributed by atoms with Crippen LogP contribution in [0.3, 0.4) is 0 Å². The molecule has 26 heavy (non-hydrogen) atoms. The molecule has 0 saturated carbocycles. The normalized spacial score (nSPS) is 11.7. The molecule has 0 unspecified atom stereocenters. The third-order valence-electron chi connectivity index (χ3n) is 3.39. The van der Waals surface area contributed by atoms with Crippen molar-refractivity contribution >= 4 is 39.2 Å². The quantitative estimate of drug-likeness (QED) is 0.655. The van der Waals surface area contributed by atoms with Gasteiger partial charge in [0.25, 0.3) is 0 Å². The van der Waals surface area contributed by atoms with Gasteiger partial charge in [0.15, 0.2) is 5.75 Å². The number of sulfonamides is 1. The molecule has 0 saturated heterocycles. The molecule has 1 heterocycles. The fourth-order valence-corrected chi connectivity index (χ4v) is 4.34. The average Bonchev–Trinajstić information content (AvgIpc) is 3.08. The van der Waals surface area contributed by atoms with E-state index in [1.807, 2.05) is 0 Å². The topological polar surface area (TPSA) is 97.0 Å². The van der Waals surface area contributed by atoms with Crippen molar-refractivity contribution in [3.63, 3.8) is 0 Å². The highest BCUT2D eigenvalue weighted by Gasteiger charge is 2.30. The number of halogens is 2. The van der Waals surface area contributed by atoms with Gasteiger partial charge in [-0.1, -0.05) is 23.2 Å². The van der Waals surface area contributed by atoms with Crippen LogP contribution in [-0.2, 0) is 26.1 Å². The van der Waals surface area contributed by atoms with Gasteiger partial charge in [-0.15, -0.1) is 0 Å². The largest absolute Gasteiger partial charge is 0.505 e. The molecule has 1 aromatic heterocycles. The Labute approximate surface area is 161 Å². The van der Waals surface area contributed by atoms with Crippen LogP contribution in [0.15, 0.2) is 39.8 Å². The van der Waals surface area contributed by atoms with Crippen molar-refractivity contribution in [2.24, 2.45) is 0 Å². The van der Waals surface area contributed by atoms with Crippen molar-refractivity contribution in [3.05, 3.63) is 46.3 Å². The van der Waals surface area contributed by atoms with E-state index in [0.29, 0.717) is 5.76 Å². The molecule has 0 atom stereocenters. The summed E-state index contributed by atoms with van der Waals surface area (Å²) in [5.74, 6) is -0.790. The first-order valence-electron chi connectivity index (χ1n) is 7.62. The summed E-state index contributed by atoms with van der Waals surface area (Å²) in [5.41, 5.74) is 0. The number of nitrogens with zero attached hydrogens (tertiary/aromatic N) is 1. The Morgan fingerprint density at radius 3 is 2.69 bits per heavy atom. The number of phenolic OH excluding ortho intramolecular Hbond substituents is 1. The molecule has 0 fully saturated rings. The molecule has 0 spiro atoms. The Morgan fingerprint density at radius 1 is 1.35 bits per heavy atom. The minimum Gasteiger partial charge on any atom is -0.505 e. The molecule has 1 aromatic carbocycles. The number of hydrogen-bond acceptors (Lipinski definition) is 6. The van der Waals surface area contributed by atoms with Crippen molar-refractivity contribution in [2.75, 3.05) is 13.2 Å². The molecular weight excluding hydrogens is 405 g/mol. The monoisotopic (exact) mass is 421 g/mol. The van der Waals surface area contributed by atoms with E-state index < -0.39 is 26.6 Å². The maximum atomic E-state index is 13.0. The number of carbonyl (C=O) groups is 1. The lowest BCUT2D eigenvalue weighted by molar-refractivity contribution is -0.143. The smallest absolute Gasteiger partial charge is 0.307 e. The van der Waals surface area contributed by atoms with Crippen molar-refractivity contribution in [1.82, 2.24) is 4.31 Å². The summed E-state index contributed by atoms with van der Waals surface area (Å²) in [7, 11) is -4.22. The highest BCUT2D eigenvalue weighted by molar-refractivity contribution is 7.89. The molecular formula is C16H17Cl2NO6S. The summed E-state index contributed by atoms with van der Waals surface area (Å²) < 4.78 is 37.0. The van der Waals surface area contributed by atoms with Gasteiger partial charge in [-0.3, -0.25) is 4.79 Å². The zero-order valence-corrected chi connectivity index (χ0v) is 16.1. The van der Waals surface area contributed by atoms with E-state index in [4.69, 9.17) is 32.4 Å². The number of phenols is 1. The lowest BCUT2D eigenvalue weighted by Crippen LogP contribution is -2.33. The summed E-state index contributed by atoms with van der Waals surface area (Å²) in [6.45, 7) is 1.53. The number of esters is 1. The Hall–Kier alpha value is -1.74. The summed E-state index contributed by atoms with van der Waals surface area (Å²) in [6, 6.07) is 5.53. The zero-order valence-electron chi connectivity index (χ0n) is 13.8. The number of carbonyl (C=O) groups excluding carboxylic acids is 1. The Bertz CT molecular complexity index is 867. The van der Waals surface area contributed by atoms with Crippen LogP contribution >= 0.6 is 23.2 Å². The molecule has 0 aliphatic heterocycles. The summed E-state index contributed by atoms with van der Waals surface area (Å²) in [4.78, 5) is 11.2. The second-order valence-electron chi connectivity index (χ2n) is 5.21. The molecule has 0 amide bonds. The summed E-state index contributed by atoms with van der Waals surface area (Å²) >= 11 is 11.7. The molecule has 2 aromatic rings. The minimum atomic E-state index is -4.22. The molecule has 0 aliphatic rings. The third-order valence-corrected chi connectivity index (χ3v) is 5.76. The van der Waals surface area contributed by atoms with Crippen LogP contribution in [-0.4, -0.2) is 37.0 Å². The fraction of sp³-hybridized carbons (Fsp3) is 0.312. The van der Waals surface area contributed by atoms with E-state index >= 15 is 0 Å². The molecule has 10 heteroatoms. The van der Waals surface area contributed by atoms with Crippen LogP contribution in [0.5, 0.6) is 5.75 Å². The van der Waals surface area contributed by atoms with Gasteiger partial charge < -0.3 is 14.3 Å². The summed E-state index contributed by atoms with van der Waals surface area (Å²) in [6.07, 6.45) is 1.24. The van der Waals surface area contributed by atoms with E-state index in [1.54, 1.807) is 19.1 Å². The van der Waals surface area contributed by atoms with Crippen molar-refractivity contribution in [2.45, 2.75) is 24.8 Å². The first kappa shape index (κ1) is 20.6. The molecule has 2 rings (SSSR count). The van der Waals surface area contributed by atoms with Crippen molar-refractivity contribution in [1.29, 1.82) is 0 Å². The predicted molar refractivity (Wildman–Crippen MR) is 95.7 cm³/mol. The van der Waals surface area contributed by atoms with Crippen molar-refractivity contribution < 1.29 is 27.5 Å². The van der Waals surface area contributed by atoms with Crippen LogP contribution in [0.4, 0.5) is 0 Å². The molecule has 0 radical (unpaired) electrons. The number of rotatable bonds is 8. The van der Waals surface area contributed by atoms with Crippen LogP contribution in [0.1, 0.15) is 19.1 Å². The fourth-order valence-electron chi connectivity index (χ4n) is 2.19. The summed E-state index contributed by atoms with van der Waals surface area (Å²) in [5, 5.41) is 9.94. The van der Waals surface area contributed by atoms with Gasteiger partial charge in [0.1, 0.15) is 10.7 Å². The zero-order chi connectivity index (χ0) is 19.3. The SMILES string of the molecule is CCOC(=O)CCN(Cc1ccco1)S(=O)(=O)c1cc(Cl)cc(Cl)c1O. The van der Waals surface area contributed by atoms with Gasteiger partial charge >= 0.3 is 5.97 Å². The van der Waals surface area contributed by atoms with Gasteiger partial charge in [-0.2, -0.15) is 4.31 Å². The van der Waals surface area contributed by atoms with E-state index in [9.17, 15) is 18.3 Å². The standard InChI is InChI=1S/C16H17Cl2NO6S/c1-2-24-15(20)5-6-19(10-12-4-3-7-25-12)26(22,23)14-9-11(17)8-13(18)16(14)21/h3-4,7-9,21H,2,5-6,10H2,1H3. The Kier molecular flexibility index (Phi) is 6.94. The first-order valence-corrected chi connectivity index (χ1v) is 9.81. The van der Waals surface area contributed by atoms with Gasteiger partial charge in [-0.25, -0.2) is 8.42 Å². The number of hydrogen-bond donors (Lipinski definition) is 1. The molecule has 142 valence electrons. The van der Waals surface area contributed by atoms with Gasteiger partial charge in [0, 0.05) is 11.6 Å². The number of benzene rings is 1. The maximum Gasteiger partial charge on any atom is 0.307 e. The molecule has 0 aliphatic carbocycles. The van der Waals surface area contributed by atoms with Gasteiger partial charge in [-0.05, 0) is 31.2 Å². The number of furan rings is 1. The maximum absolute atomic E-state index is 13.0. The minimum absolute atomic E-state index is 0.0507. The van der Waals surface area contributed by atoms with Crippen LogP contribution in [0.2, 0.25) is 10.0 Å². The van der Waals surface area contributed by atoms with Gasteiger partial charge in [0.2, 0.25) is 10.0 Å². The van der Waals surface area contributed by atoms with Crippen LogP contribution < -0.4 is 0 Å².